The number of nitrogens with zero attached hydrogens (tertiary/aromatic N) is 1. The van der Waals surface area contributed by atoms with E-state index < -0.39 is 0 Å². The molecule has 0 amide bonds. The molecule has 0 spiro atoms. The summed E-state index contributed by atoms with van der Waals surface area (Å²) in [5, 5.41) is 9.58. The molecule has 18 heavy (non-hydrogen) atoms. The van der Waals surface area contributed by atoms with Crippen molar-refractivity contribution in [3.63, 3.8) is 0 Å². The van der Waals surface area contributed by atoms with Crippen LogP contribution in [0.4, 0.5) is 0 Å². The SMILES string of the molecule is CCc1ccc(C2SCc3c(O)[nH]c(=O)n32)cc1. The zero-order valence-corrected chi connectivity index (χ0v) is 10.8. The molecule has 0 saturated heterocycles. The van der Waals surface area contributed by atoms with E-state index in [1.54, 1.807) is 16.3 Å². The summed E-state index contributed by atoms with van der Waals surface area (Å²) in [5.74, 6) is 0.658. The van der Waals surface area contributed by atoms with Gasteiger partial charge in [0.2, 0.25) is 5.88 Å². The number of benzene rings is 1. The third kappa shape index (κ3) is 1.66. The monoisotopic (exact) mass is 262 g/mol. The summed E-state index contributed by atoms with van der Waals surface area (Å²) in [6.07, 6.45) is 1.01. The lowest BCUT2D eigenvalue weighted by molar-refractivity contribution is 0.450. The van der Waals surface area contributed by atoms with Crippen LogP contribution in [0.3, 0.4) is 0 Å². The lowest BCUT2D eigenvalue weighted by atomic mass is 10.1. The van der Waals surface area contributed by atoms with Crippen molar-refractivity contribution in [2.75, 3.05) is 0 Å². The van der Waals surface area contributed by atoms with Crippen LogP contribution >= 0.6 is 11.8 Å². The molecule has 0 radical (unpaired) electrons. The maximum Gasteiger partial charge on any atom is 0.329 e. The van der Waals surface area contributed by atoms with Gasteiger partial charge in [0.15, 0.2) is 0 Å². The minimum Gasteiger partial charge on any atom is -0.493 e. The fraction of sp³-hybridized carbons (Fsp3) is 0.308. The summed E-state index contributed by atoms with van der Waals surface area (Å²) in [7, 11) is 0. The molecule has 0 aliphatic carbocycles. The van der Waals surface area contributed by atoms with Crippen molar-refractivity contribution in [2.24, 2.45) is 0 Å². The van der Waals surface area contributed by atoms with Crippen LogP contribution in [-0.2, 0) is 12.2 Å². The number of hydrogen-bond donors (Lipinski definition) is 2. The summed E-state index contributed by atoms with van der Waals surface area (Å²) < 4.78 is 1.64. The Bertz CT molecular complexity index is 627. The van der Waals surface area contributed by atoms with E-state index >= 15 is 0 Å². The first kappa shape index (κ1) is 11.5. The van der Waals surface area contributed by atoms with Gasteiger partial charge < -0.3 is 5.11 Å². The highest BCUT2D eigenvalue weighted by molar-refractivity contribution is 7.99. The van der Waals surface area contributed by atoms with E-state index in [0.717, 1.165) is 12.0 Å². The smallest absolute Gasteiger partial charge is 0.329 e. The predicted octanol–water partition coefficient (Wildman–Crippen LogP) is 2.24. The molecule has 3 rings (SSSR count). The number of rotatable bonds is 2. The summed E-state index contributed by atoms with van der Waals surface area (Å²) in [6.45, 7) is 2.12. The summed E-state index contributed by atoms with van der Waals surface area (Å²) in [5.41, 5.74) is 2.83. The van der Waals surface area contributed by atoms with Gasteiger partial charge in [0.25, 0.3) is 0 Å². The molecule has 5 heteroatoms. The van der Waals surface area contributed by atoms with E-state index in [9.17, 15) is 9.90 Å². The van der Waals surface area contributed by atoms with E-state index in [4.69, 9.17) is 0 Å². The molecule has 0 bridgehead atoms. The second-order valence-electron chi connectivity index (χ2n) is 4.35. The first-order chi connectivity index (χ1) is 8.70. The summed E-state index contributed by atoms with van der Waals surface area (Å²) >= 11 is 1.66. The lowest BCUT2D eigenvalue weighted by Gasteiger charge is -2.11. The van der Waals surface area contributed by atoms with Crippen molar-refractivity contribution in [1.29, 1.82) is 0 Å². The van der Waals surface area contributed by atoms with Gasteiger partial charge in [-0.15, -0.1) is 11.8 Å². The Labute approximate surface area is 109 Å². The fourth-order valence-electron chi connectivity index (χ4n) is 2.25. The van der Waals surface area contributed by atoms with Crippen LogP contribution in [0.1, 0.15) is 29.1 Å². The minimum atomic E-state index is -0.239. The molecular formula is C13H14N2O2S. The average Bonchev–Trinajstić information content (AvgIpc) is 2.93. The van der Waals surface area contributed by atoms with Crippen molar-refractivity contribution in [3.05, 3.63) is 51.6 Å². The molecule has 1 aromatic carbocycles. The maximum atomic E-state index is 11.8. The Morgan fingerprint density at radius 3 is 2.83 bits per heavy atom. The van der Waals surface area contributed by atoms with Gasteiger partial charge in [-0.05, 0) is 17.5 Å². The zero-order valence-electron chi connectivity index (χ0n) is 10.0. The van der Waals surface area contributed by atoms with Crippen LogP contribution in [0, 0.1) is 0 Å². The fourth-order valence-corrected chi connectivity index (χ4v) is 3.57. The zero-order chi connectivity index (χ0) is 12.7. The second-order valence-corrected chi connectivity index (χ2v) is 5.42. The van der Waals surface area contributed by atoms with Crippen LogP contribution < -0.4 is 5.69 Å². The van der Waals surface area contributed by atoms with Gasteiger partial charge in [0.05, 0.1) is 5.69 Å². The molecule has 0 fully saturated rings. The van der Waals surface area contributed by atoms with Gasteiger partial charge in [-0.3, -0.25) is 9.55 Å². The van der Waals surface area contributed by atoms with Crippen molar-refractivity contribution >= 4 is 11.8 Å². The highest BCUT2D eigenvalue weighted by Gasteiger charge is 2.29. The first-order valence-electron chi connectivity index (χ1n) is 5.93. The van der Waals surface area contributed by atoms with Crippen LogP contribution in [0.5, 0.6) is 5.88 Å². The van der Waals surface area contributed by atoms with E-state index in [2.05, 4.69) is 36.2 Å². The molecule has 4 nitrogen and oxygen atoms in total. The van der Waals surface area contributed by atoms with E-state index in [1.807, 2.05) is 0 Å². The van der Waals surface area contributed by atoms with Crippen molar-refractivity contribution in [3.8, 4) is 5.88 Å². The second kappa shape index (κ2) is 4.24. The molecule has 1 aromatic heterocycles. The molecule has 1 aliphatic heterocycles. The van der Waals surface area contributed by atoms with Crippen LogP contribution in [0.25, 0.3) is 0 Å². The molecule has 94 valence electrons. The van der Waals surface area contributed by atoms with Gasteiger partial charge in [-0.1, -0.05) is 31.2 Å². The third-order valence-electron chi connectivity index (χ3n) is 3.29. The summed E-state index contributed by atoms with van der Waals surface area (Å²) in [4.78, 5) is 14.2. The van der Waals surface area contributed by atoms with Gasteiger partial charge >= 0.3 is 5.69 Å². The first-order valence-corrected chi connectivity index (χ1v) is 6.98. The quantitative estimate of drug-likeness (QED) is 0.872. The Morgan fingerprint density at radius 1 is 1.44 bits per heavy atom. The summed E-state index contributed by atoms with van der Waals surface area (Å²) in [6, 6.07) is 8.29. The Morgan fingerprint density at radius 2 is 2.17 bits per heavy atom. The molecular weight excluding hydrogens is 248 g/mol. The number of aryl methyl sites for hydroxylation is 1. The molecule has 0 saturated carbocycles. The van der Waals surface area contributed by atoms with Crippen LogP contribution in [0.15, 0.2) is 29.1 Å². The standard InChI is InChI=1S/C13H14N2O2S/c1-2-8-3-5-9(6-4-8)12-15-10(7-18-12)11(16)14-13(15)17/h3-6,12,16H,2,7H2,1H3,(H,14,17). The van der Waals surface area contributed by atoms with Gasteiger partial charge in [0.1, 0.15) is 5.37 Å². The lowest BCUT2D eigenvalue weighted by Crippen LogP contribution is -2.19. The predicted molar refractivity (Wildman–Crippen MR) is 72.0 cm³/mol. The molecule has 2 aromatic rings. The minimum absolute atomic E-state index is 0.000165. The van der Waals surface area contributed by atoms with Crippen molar-refractivity contribution in [1.82, 2.24) is 9.55 Å². The number of imidazole rings is 1. The molecule has 1 aliphatic rings. The third-order valence-corrected chi connectivity index (χ3v) is 4.53. The largest absolute Gasteiger partial charge is 0.493 e. The highest BCUT2D eigenvalue weighted by Crippen LogP contribution is 2.41. The number of aromatic nitrogens is 2. The van der Waals surface area contributed by atoms with Gasteiger partial charge in [-0.25, -0.2) is 4.79 Å². The number of fused-ring (bicyclic) bond motifs is 1. The highest BCUT2D eigenvalue weighted by atomic mass is 32.2. The Kier molecular flexibility index (Phi) is 2.70. The van der Waals surface area contributed by atoms with Crippen LogP contribution in [-0.4, -0.2) is 14.7 Å². The maximum absolute atomic E-state index is 11.8. The topological polar surface area (TPSA) is 58.0 Å². The number of hydrogen-bond acceptors (Lipinski definition) is 3. The van der Waals surface area contributed by atoms with E-state index in [-0.39, 0.29) is 16.9 Å². The molecule has 1 unspecified atom stereocenters. The molecule has 2 N–H and O–H groups in total. The number of nitrogens with one attached hydrogen (secondary N) is 1. The van der Waals surface area contributed by atoms with E-state index in [1.165, 1.54) is 5.56 Å². The van der Waals surface area contributed by atoms with Crippen LogP contribution in [0.2, 0.25) is 0 Å². The number of H-pyrrole nitrogens is 1. The average molecular weight is 262 g/mol. The van der Waals surface area contributed by atoms with E-state index in [0.29, 0.717) is 11.4 Å². The number of aromatic hydroxyl groups is 1. The number of aromatic amines is 1. The Hall–Kier alpha value is -1.62. The molecule has 2 heterocycles. The van der Waals surface area contributed by atoms with Crippen molar-refractivity contribution < 1.29 is 5.11 Å². The molecule has 1 atom stereocenters. The normalized spacial score (nSPS) is 17.9. The Balaban J connectivity index is 2.03. The number of thioether (sulfide) groups is 1. The van der Waals surface area contributed by atoms with Crippen molar-refractivity contribution in [2.45, 2.75) is 24.5 Å². The van der Waals surface area contributed by atoms with Gasteiger partial charge in [-0.2, -0.15) is 0 Å². The van der Waals surface area contributed by atoms with Gasteiger partial charge in [0, 0.05) is 5.75 Å².